The highest BCUT2D eigenvalue weighted by atomic mass is 32.2. The van der Waals surface area contributed by atoms with Crippen LogP contribution >= 0.6 is 11.8 Å². The molecule has 0 saturated carbocycles. The van der Waals surface area contributed by atoms with Gasteiger partial charge in [-0.3, -0.25) is 14.4 Å². The van der Waals surface area contributed by atoms with Gasteiger partial charge in [-0.15, -0.1) is 0 Å². The summed E-state index contributed by atoms with van der Waals surface area (Å²) in [5.74, 6) is -1.22. The first-order valence-corrected chi connectivity index (χ1v) is 16.1. The topological polar surface area (TPSA) is 117 Å². The number of hydrogen-bond donors (Lipinski definition) is 0. The number of Topliss-reactive ketones (excluding diaryl/α,β-unsaturated/α-hetero) is 1. The van der Waals surface area contributed by atoms with Crippen molar-refractivity contribution >= 4 is 41.0 Å². The number of pyridine rings is 1. The van der Waals surface area contributed by atoms with Crippen LogP contribution in [-0.4, -0.2) is 40.4 Å². The van der Waals surface area contributed by atoms with Gasteiger partial charge >= 0.3 is 5.97 Å². The van der Waals surface area contributed by atoms with Gasteiger partial charge in [0.25, 0.3) is 0 Å². The monoisotopic (exact) mass is 627 g/mol. The van der Waals surface area contributed by atoms with Crippen molar-refractivity contribution < 1.29 is 23.9 Å². The maximum Gasteiger partial charge on any atom is 0.338 e. The smallest absolute Gasteiger partial charge is 0.338 e. The van der Waals surface area contributed by atoms with E-state index in [0.29, 0.717) is 27.8 Å². The molecule has 1 saturated heterocycles. The summed E-state index contributed by atoms with van der Waals surface area (Å²) in [6.07, 6.45) is 3.46. The van der Waals surface area contributed by atoms with E-state index in [0.717, 1.165) is 64.7 Å². The summed E-state index contributed by atoms with van der Waals surface area (Å²) >= 11 is 1.15. The fourth-order valence-corrected chi connectivity index (χ4v) is 7.56. The Kier molecular flexibility index (Phi) is 7.75. The van der Waals surface area contributed by atoms with Gasteiger partial charge in [-0.1, -0.05) is 55.1 Å². The number of ether oxygens (including phenoxy) is 1. The van der Waals surface area contributed by atoms with Crippen LogP contribution in [0, 0.1) is 17.2 Å². The lowest BCUT2D eigenvalue weighted by Gasteiger charge is -2.22. The number of thioether (sulfide) groups is 1. The standard InChI is InChI=1S/C37H29N3O5S/c1-21-6-13-31-26(14-21)17-27(19-38)35(39-31)46-33-18-34(42)40(36(33)43)28-10-7-22(8-11-28)37(44)45-20-32(41)24-9-12-30-25(16-24)15-23-4-2-3-5-29(23)30/h2-5,7-12,16-17,21,33H,6,13-15,18,20H2,1H3. The third-order valence-electron chi connectivity index (χ3n) is 8.89. The molecule has 1 aliphatic heterocycles. The number of imide groups is 1. The van der Waals surface area contributed by atoms with E-state index in [1.165, 1.54) is 35.4 Å². The number of carbonyl (C=O) groups excluding carboxylic acids is 4. The van der Waals surface area contributed by atoms with Crippen molar-refractivity contribution in [1.82, 2.24) is 4.98 Å². The van der Waals surface area contributed by atoms with E-state index < -0.39 is 23.7 Å². The molecule has 9 heteroatoms. The van der Waals surface area contributed by atoms with Crippen molar-refractivity contribution in [2.75, 3.05) is 11.5 Å². The molecule has 8 nitrogen and oxygen atoms in total. The molecule has 0 N–H and O–H groups in total. The third kappa shape index (κ3) is 5.50. The molecular formula is C37H29N3O5S. The highest BCUT2D eigenvalue weighted by Crippen LogP contribution is 2.38. The molecular weight excluding hydrogens is 598 g/mol. The number of hydrogen-bond acceptors (Lipinski definition) is 8. The maximum absolute atomic E-state index is 13.4. The van der Waals surface area contributed by atoms with E-state index in [9.17, 15) is 24.4 Å². The lowest BCUT2D eigenvalue weighted by atomic mass is 9.87. The second-order valence-corrected chi connectivity index (χ2v) is 13.2. The second kappa shape index (κ2) is 12.0. The quantitative estimate of drug-likeness (QED) is 0.121. The van der Waals surface area contributed by atoms with E-state index in [-0.39, 0.29) is 23.7 Å². The Hall–Kier alpha value is -5.07. The summed E-state index contributed by atoms with van der Waals surface area (Å²) in [6.45, 7) is 1.77. The van der Waals surface area contributed by atoms with Gasteiger partial charge in [0.15, 0.2) is 12.4 Å². The number of benzene rings is 3. The van der Waals surface area contributed by atoms with E-state index in [1.54, 1.807) is 6.07 Å². The van der Waals surface area contributed by atoms with Gasteiger partial charge in [0.05, 0.1) is 22.1 Å². The number of fused-ring (bicyclic) bond motifs is 4. The predicted octanol–water partition coefficient (Wildman–Crippen LogP) is 6.11. The number of amides is 2. The van der Waals surface area contributed by atoms with Crippen LogP contribution in [0.3, 0.4) is 0 Å². The zero-order chi connectivity index (χ0) is 31.9. The first-order chi connectivity index (χ1) is 22.3. The number of rotatable bonds is 7. The first kappa shape index (κ1) is 29.6. The molecule has 4 aromatic rings. The molecule has 0 spiro atoms. The average molecular weight is 628 g/mol. The molecule has 228 valence electrons. The first-order valence-electron chi connectivity index (χ1n) is 15.3. The van der Waals surface area contributed by atoms with Gasteiger partial charge in [-0.25, -0.2) is 14.7 Å². The molecule has 2 aliphatic carbocycles. The number of ketones is 1. The van der Waals surface area contributed by atoms with Crippen LogP contribution in [0.1, 0.15) is 68.4 Å². The van der Waals surface area contributed by atoms with Crippen molar-refractivity contribution in [2.45, 2.75) is 49.3 Å². The molecule has 2 unspecified atom stereocenters. The van der Waals surface area contributed by atoms with Crippen LogP contribution in [0.2, 0.25) is 0 Å². The number of aromatic nitrogens is 1. The van der Waals surface area contributed by atoms with Gasteiger partial charge in [-0.05, 0) is 95.8 Å². The Balaban J connectivity index is 0.982. The van der Waals surface area contributed by atoms with Crippen LogP contribution in [0.5, 0.6) is 0 Å². The second-order valence-electron chi connectivity index (χ2n) is 12.0. The van der Waals surface area contributed by atoms with E-state index in [1.807, 2.05) is 30.3 Å². The zero-order valence-electron chi connectivity index (χ0n) is 25.1. The van der Waals surface area contributed by atoms with Crippen molar-refractivity contribution in [3.8, 4) is 17.2 Å². The van der Waals surface area contributed by atoms with Crippen molar-refractivity contribution in [1.29, 1.82) is 5.26 Å². The largest absolute Gasteiger partial charge is 0.454 e. The minimum atomic E-state index is -0.711. The third-order valence-corrected chi connectivity index (χ3v) is 10.1. The lowest BCUT2D eigenvalue weighted by molar-refractivity contribution is -0.121. The summed E-state index contributed by atoms with van der Waals surface area (Å²) < 4.78 is 5.31. The zero-order valence-corrected chi connectivity index (χ0v) is 25.9. The Morgan fingerprint density at radius 1 is 0.957 bits per heavy atom. The normalized spacial score (nSPS) is 18.0. The van der Waals surface area contributed by atoms with E-state index >= 15 is 0 Å². The fourth-order valence-electron chi connectivity index (χ4n) is 6.46. The molecule has 3 aromatic carbocycles. The fraction of sp³-hybridized carbons (Fsp3) is 0.243. The van der Waals surface area contributed by atoms with Crippen LogP contribution in [0.25, 0.3) is 11.1 Å². The summed E-state index contributed by atoms with van der Waals surface area (Å²) in [7, 11) is 0. The Morgan fingerprint density at radius 2 is 1.72 bits per heavy atom. The minimum Gasteiger partial charge on any atom is -0.454 e. The number of esters is 1. The number of nitrogens with zero attached hydrogens (tertiary/aromatic N) is 3. The number of carbonyl (C=O) groups is 4. The molecule has 2 amide bonds. The maximum atomic E-state index is 13.4. The summed E-state index contributed by atoms with van der Waals surface area (Å²) in [5.41, 5.74) is 8.03. The van der Waals surface area contributed by atoms with Crippen LogP contribution in [0.4, 0.5) is 5.69 Å². The molecule has 1 aromatic heterocycles. The molecule has 2 atom stereocenters. The Labute approximate surface area is 270 Å². The number of anilines is 1. The van der Waals surface area contributed by atoms with Gasteiger partial charge in [-0.2, -0.15) is 5.26 Å². The Bertz CT molecular complexity index is 1980. The number of nitriles is 1. The summed E-state index contributed by atoms with van der Waals surface area (Å²) in [5, 5.41) is 9.51. The van der Waals surface area contributed by atoms with Crippen LogP contribution < -0.4 is 4.90 Å². The SMILES string of the molecule is CC1CCc2nc(SC3CC(=O)N(c4ccc(C(=O)OCC(=O)c5ccc6c(c5)Cc5ccccc5-6)cc4)C3=O)c(C#N)cc2C1. The van der Waals surface area contributed by atoms with Crippen LogP contribution in [-0.2, 0) is 33.6 Å². The minimum absolute atomic E-state index is 0.0230. The summed E-state index contributed by atoms with van der Waals surface area (Å²) in [4.78, 5) is 57.8. The predicted molar refractivity (Wildman–Crippen MR) is 173 cm³/mol. The molecule has 7 rings (SSSR count). The van der Waals surface area contributed by atoms with Gasteiger partial charge in [0.2, 0.25) is 11.8 Å². The van der Waals surface area contributed by atoms with Gasteiger partial charge in [0, 0.05) is 17.7 Å². The molecule has 2 heterocycles. The average Bonchev–Trinajstić information content (AvgIpc) is 3.58. The summed E-state index contributed by atoms with van der Waals surface area (Å²) in [6, 6.07) is 23.7. The highest BCUT2D eigenvalue weighted by molar-refractivity contribution is 8.00. The molecule has 46 heavy (non-hydrogen) atoms. The molecule has 0 bridgehead atoms. The van der Waals surface area contributed by atoms with Crippen molar-refractivity contribution in [3.05, 3.63) is 112 Å². The van der Waals surface area contributed by atoms with E-state index in [4.69, 9.17) is 9.72 Å². The molecule has 0 radical (unpaired) electrons. The lowest BCUT2D eigenvalue weighted by Crippen LogP contribution is -2.31. The molecule has 3 aliphatic rings. The highest BCUT2D eigenvalue weighted by Gasteiger charge is 2.41. The van der Waals surface area contributed by atoms with E-state index in [2.05, 4.69) is 25.1 Å². The van der Waals surface area contributed by atoms with Crippen LogP contribution in [0.15, 0.2) is 77.8 Å². The molecule has 1 fully saturated rings. The van der Waals surface area contributed by atoms with Crippen molar-refractivity contribution in [3.63, 3.8) is 0 Å². The number of aryl methyl sites for hydroxylation is 1. The van der Waals surface area contributed by atoms with Crippen molar-refractivity contribution in [2.24, 2.45) is 5.92 Å². The van der Waals surface area contributed by atoms with Gasteiger partial charge < -0.3 is 4.74 Å². The Morgan fingerprint density at radius 3 is 2.52 bits per heavy atom. The van der Waals surface area contributed by atoms with Gasteiger partial charge in [0.1, 0.15) is 11.1 Å².